The van der Waals surface area contributed by atoms with Crippen molar-refractivity contribution in [3.8, 4) is 22.6 Å². The SMILES string of the molecule is CC1(C)CCC[C@@H]1c1cc(COc2cccc([C@H](O)CC(=O)O)c2)ccc1-c1cc(OCC(F)(F)F)ccc1F. The Morgan fingerprint density at radius 1 is 1.02 bits per heavy atom. The molecule has 1 aliphatic rings. The fraction of sp³-hybridized carbons (Fsp3) is 0.387. The molecule has 1 fully saturated rings. The van der Waals surface area contributed by atoms with E-state index in [-0.39, 0.29) is 29.3 Å². The van der Waals surface area contributed by atoms with Gasteiger partial charge in [-0.15, -0.1) is 0 Å². The maximum Gasteiger partial charge on any atom is 0.422 e. The molecule has 2 N–H and O–H groups in total. The van der Waals surface area contributed by atoms with Crippen molar-refractivity contribution in [2.45, 2.75) is 64.3 Å². The van der Waals surface area contributed by atoms with E-state index in [1.54, 1.807) is 36.4 Å². The van der Waals surface area contributed by atoms with Gasteiger partial charge in [0.05, 0.1) is 12.5 Å². The molecule has 0 amide bonds. The number of aliphatic hydroxyl groups excluding tert-OH is 1. The van der Waals surface area contributed by atoms with E-state index in [1.807, 2.05) is 6.07 Å². The second-order valence-electron chi connectivity index (χ2n) is 10.9. The van der Waals surface area contributed by atoms with Crippen LogP contribution in [-0.4, -0.2) is 29.0 Å². The van der Waals surface area contributed by atoms with Gasteiger partial charge >= 0.3 is 12.1 Å². The Bertz CT molecular complexity index is 1350. The van der Waals surface area contributed by atoms with Crippen LogP contribution in [0, 0.1) is 11.2 Å². The summed E-state index contributed by atoms with van der Waals surface area (Å²) in [4.78, 5) is 10.9. The molecule has 0 unspecified atom stereocenters. The number of carboxylic acid groups (broad SMARTS) is 1. The smallest absolute Gasteiger partial charge is 0.422 e. The second kappa shape index (κ2) is 11.9. The second-order valence-corrected chi connectivity index (χ2v) is 10.9. The van der Waals surface area contributed by atoms with Gasteiger partial charge in [0, 0.05) is 5.56 Å². The molecule has 3 aromatic rings. The zero-order valence-corrected chi connectivity index (χ0v) is 22.3. The van der Waals surface area contributed by atoms with E-state index >= 15 is 4.39 Å². The lowest BCUT2D eigenvalue weighted by molar-refractivity contribution is -0.153. The molecule has 0 bridgehead atoms. The lowest BCUT2D eigenvalue weighted by Gasteiger charge is -2.30. The number of hydrogen-bond acceptors (Lipinski definition) is 4. The van der Waals surface area contributed by atoms with Crippen LogP contribution in [0.5, 0.6) is 11.5 Å². The molecular formula is C31H32F4O5. The standard InChI is InChI=1S/C31H32F4O5/c1-30(2)12-4-7-26(30)24-13-19(17-39-21-6-3-5-20(14-21)28(36)16-29(37)38)8-10-23(24)25-15-22(9-11-27(25)32)40-18-31(33,34)35/h3,5-6,8-11,13-15,26,28,36H,4,7,12,16-18H2,1-2H3,(H,37,38)/t26-,28-/m1/s1. The molecular weight excluding hydrogens is 528 g/mol. The lowest BCUT2D eigenvalue weighted by atomic mass is 9.75. The van der Waals surface area contributed by atoms with Gasteiger partial charge in [-0.3, -0.25) is 4.79 Å². The van der Waals surface area contributed by atoms with Gasteiger partial charge in [-0.25, -0.2) is 4.39 Å². The number of aliphatic carboxylic acids is 1. The summed E-state index contributed by atoms with van der Waals surface area (Å²) < 4.78 is 64.0. The summed E-state index contributed by atoms with van der Waals surface area (Å²) in [6.45, 7) is 3.01. The van der Waals surface area contributed by atoms with E-state index in [2.05, 4.69) is 13.8 Å². The van der Waals surface area contributed by atoms with E-state index in [0.717, 1.165) is 36.5 Å². The number of alkyl halides is 3. The van der Waals surface area contributed by atoms with E-state index in [9.17, 15) is 23.1 Å². The lowest BCUT2D eigenvalue weighted by Crippen LogP contribution is -2.19. The molecule has 0 heterocycles. The molecule has 5 nitrogen and oxygen atoms in total. The third-order valence-electron chi connectivity index (χ3n) is 7.40. The molecule has 4 rings (SSSR count). The number of carboxylic acids is 1. The highest BCUT2D eigenvalue weighted by molar-refractivity contribution is 5.71. The van der Waals surface area contributed by atoms with Gasteiger partial charge in [0.2, 0.25) is 0 Å². The summed E-state index contributed by atoms with van der Waals surface area (Å²) in [5, 5.41) is 19.1. The maximum atomic E-state index is 15.1. The van der Waals surface area contributed by atoms with Crippen molar-refractivity contribution >= 4 is 5.97 Å². The molecule has 0 aliphatic heterocycles. The van der Waals surface area contributed by atoms with E-state index in [4.69, 9.17) is 14.6 Å². The molecule has 9 heteroatoms. The Balaban J connectivity index is 1.64. The number of halogens is 4. The van der Waals surface area contributed by atoms with Crippen LogP contribution < -0.4 is 9.47 Å². The van der Waals surface area contributed by atoms with E-state index in [0.29, 0.717) is 16.9 Å². The molecule has 0 spiro atoms. The molecule has 0 saturated heterocycles. The number of benzene rings is 3. The van der Waals surface area contributed by atoms with Crippen molar-refractivity contribution in [2.75, 3.05) is 6.61 Å². The van der Waals surface area contributed by atoms with Gasteiger partial charge in [-0.1, -0.05) is 50.6 Å². The molecule has 2 atom stereocenters. The van der Waals surface area contributed by atoms with E-state index in [1.165, 1.54) is 12.1 Å². The predicted molar refractivity (Wildman–Crippen MR) is 142 cm³/mol. The fourth-order valence-corrected chi connectivity index (χ4v) is 5.37. The highest BCUT2D eigenvalue weighted by Crippen LogP contribution is 2.51. The average molecular weight is 561 g/mol. The molecule has 1 aliphatic carbocycles. The first kappa shape index (κ1) is 29.4. The zero-order chi connectivity index (χ0) is 29.1. The predicted octanol–water partition coefficient (Wildman–Crippen LogP) is 7.81. The highest BCUT2D eigenvalue weighted by Gasteiger charge is 2.37. The molecule has 0 aromatic heterocycles. The molecule has 3 aromatic carbocycles. The minimum Gasteiger partial charge on any atom is -0.489 e. The third kappa shape index (κ3) is 7.33. The van der Waals surface area contributed by atoms with Crippen LogP contribution >= 0.6 is 0 Å². The summed E-state index contributed by atoms with van der Waals surface area (Å²) >= 11 is 0. The van der Waals surface area contributed by atoms with Crippen molar-refractivity contribution in [2.24, 2.45) is 5.41 Å². The van der Waals surface area contributed by atoms with Crippen molar-refractivity contribution < 1.29 is 42.0 Å². The summed E-state index contributed by atoms with van der Waals surface area (Å²) in [5.74, 6) is -1.19. The minimum absolute atomic E-state index is 0.0658. The van der Waals surface area contributed by atoms with Gasteiger partial charge in [-0.2, -0.15) is 13.2 Å². The van der Waals surface area contributed by atoms with Crippen LogP contribution in [0.25, 0.3) is 11.1 Å². The van der Waals surface area contributed by atoms with Gasteiger partial charge in [0.1, 0.15) is 23.9 Å². The Kier molecular flexibility index (Phi) is 8.73. The van der Waals surface area contributed by atoms with Gasteiger partial charge in [0.25, 0.3) is 0 Å². The van der Waals surface area contributed by atoms with Crippen LogP contribution in [0.4, 0.5) is 17.6 Å². The minimum atomic E-state index is -4.51. The van der Waals surface area contributed by atoms with Crippen molar-refractivity contribution in [3.05, 3.63) is 83.2 Å². The van der Waals surface area contributed by atoms with Gasteiger partial charge in [-0.05, 0) is 76.8 Å². The number of rotatable bonds is 10. The van der Waals surface area contributed by atoms with Crippen LogP contribution in [-0.2, 0) is 11.4 Å². The van der Waals surface area contributed by atoms with Gasteiger partial charge < -0.3 is 19.7 Å². The number of hydrogen-bond donors (Lipinski definition) is 2. The van der Waals surface area contributed by atoms with Crippen molar-refractivity contribution in [1.29, 1.82) is 0 Å². The van der Waals surface area contributed by atoms with Crippen LogP contribution in [0.3, 0.4) is 0 Å². The number of ether oxygens (including phenoxy) is 2. The summed E-state index contributed by atoms with van der Waals surface area (Å²) in [7, 11) is 0. The topological polar surface area (TPSA) is 76.0 Å². The van der Waals surface area contributed by atoms with Crippen molar-refractivity contribution in [3.63, 3.8) is 0 Å². The monoisotopic (exact) mass is 560 g/mol. The van der Waals surface area contributed by atoms with Crippen LogP contribution in [0.15, 0.2) is 60.7 Å². The normalized spacial score (nSPS) is 17.4. The maximum absolute atomic E-state index is 15.1. The molecule has 40 heavy (non-hydrogen) atoms. The summed E-state index contributed by atoms with van der Waals surface area (Å²) in [6, 6.07) is 15.7. The first-order valence-electron chi connectivity index (χ1n) is 13.1. The Morgan fingerprint density at radius 2 is 1.77 bits per heavy atom. The fourth-order valence-electron chi connectivity index (χ4n) is 5.37. The average Bonchev–Trinajstić information content (AvgIpc) is 3.25. The Labute approximate surface area is 230 Å². The molecule has 0 radical (unpaired) electrons. The largest absolute Gasteiger partial charge is 0.489 e. The molecule has 1 saturated carbocycles. The van der Waals surface area contributed by atoms with E-state index < -0.39 is 37.1 Å². The number of carbonyl (C=O) groups is 1. The first-order chi connectivity index (χ1) is 18.8. The first-order valence-corrected chi connectivity index (χ1v) is 13.1. The summed E-state index contributed by atoms with van der Waals surface area (Å²) in [5.41, 5.74) is 2.82. The Hall–Kier alpha value is -3.59. The highest BCUT2D eigenvalue weighted by atomic mass is 19.4. The van der Waals surface area contributed by atoms with Crippen molar-refractivity contribution in [1.82, 2.24) is 0 Å². The Morgan fingerprint density at radius 3 is 2.45 bits per heavy atom. The number of aliphatic hydroxyl groups is 1. The summed E-state index contributed by atoms with van der Waals surface area (Å²) in [6.07, 6.45) is -3.23. The van der Waals surface area contributed by atoms with Gasteiger partial charge in [0.15, 0.2) is 6.61 Å². The zero-order valence-electron chi connectivity index (χ0n) is 22.3. The molecule has 214 valence electrons. The van der Waals surface area contributed by atoms with Crippen LogP contribution in [0.2, 0.25) is 0 Å². The third-order valence-corrected chi connectivity index (χ3v) is 7.40. The quantitative estimate of drug-likeness (QED) is 0.247. The van der Waals surface area contributed by atoms with Crippen LogP contribution in [0.1, 0.15) is 68.2 Å².